The van der Waals surface area contributed by atoms with Gasteiger partial charge >= 0.3 is 0 Å². The molecule has 1 N–H and O–H groups in total. The second kappa shape index (κ2) is 6.51. The average molecular weight is 339 g/mol. The van der Waals surface area contributed by atoms with Gasteiger partial charge in [-0.1, -0.05) is 0 Å². The normalized spacial score (nSPS) is 10.2. The summed E-state index contributed by atoms with van der Waals surface area (Å²) in [4.78, 5) is 12.4. The van der Waals surface area contributed by atoms with Crippen molar-refractivity contribution in [3.8, 4) is 11.8 Å². The van der Waals surface area contributed by atoms with E-state index in [1.165, 1.54) is 6.33 Å². The van der Waals surface area contributed by atoms with Crippen LogP contribution in [0.1, 0.15) is 11.1 Å². The molecule has 0 amide bonds. The lowest BCUT2D eigenvalue weighted by atomic mass is 10.2. The molecular weight excluding hydrogens is 324 g/mol. The molecule has 0 aliphatic rings. The number of rotatable bonds is 5. The molecular formula is C13H15BrN4O2. The first-order valence-electron chi connectivity index (χ1n) is 5.93. The molecule has 0 aliphatic heterocycles. The van der Waals surface area contributed by atoms with Gasteiger partial charge in [-0.3, -0.25) is 0 Å². The standard InChI is InChI=1S/C13H15BrN4O2/c1-8-4-9(5-16-11(8)14)15-6-10-12(19-2)17-7-18-13(10)20-3/h4-5,7,15H,6H2,1-3H3. The van der Waals surface area contributed by atoms with Crippen LogP contribution < -0.4 is 14.8 Å². The SMILES string of the molecule is COc1ncnc(OC)c1CNc1cnc(Br)c(C)c1. The number of halogens is 1. The molecule has 0 fully saturated rings. The van der Waals surface area contributed by atoms with Crippen LogP contribution in [0.15, 0.2) is 23.2 Å². The van der Waals surface area contributed by atoms with E-state index < -0.39 is 0 Å². The van der Waals surface area contributed by atoms with Crippen LogP contribution >= 0.6 is 15.9 Å². The summed E-state index contributed by atoms with van der Waals surface area (Å²) in [7, 11) is 3.13. The van der Waals surface area contributed by atoms with Crippen LogP contribution in [0.2, 0.25) is 0 Å². The third-order valence-corrected chi connectivity index (χ3v) is 3.57. The maximum absolute atomic E-state index is 5.22. The predicted molar refractivity (Wildman–Crippen MR) is 79.1 cm³/mol. The van der Waals surface area contributed by atoms with Gasteiger partial charge in [-0.15, -0.1) is 0 Å². The van der Waals surface area contributed by atoms with E-state index in [4.69, 9.17) is 9.47 Å². The van der Waals surface area contributed by atoms with Crippen molar-refractivity contribution in [2.24, 2.45) is 0 Å². The van der Waals surface area contributed by atoms with Crippen LogP contribution in [0.5, 0.6) is 11.8 Å². The summed E-state index contributed by atoms with van der Waals surface area (Å²) in [6.07, 6.45) is 3.16. The Morgan fingerprint density at radius 1 is 1.15 bits per heavy atom. The fraction of sp³-hybridized carbons (Fsp3) is 0.308. The molecule has 2 heterocycles. The van der Waals surface area contributed by atoms with Crippen molar-refractivity contribution in [2.75, 3.05) is 19.5 Å². The Labute approximate surface area is 125 Å². The molecule has 2 aromatic heterocycles. The van der Waals surface area contributed by atoms with Crippen molar-refractivity contribution in [3.63, 3.8) is 0 Å². The van der Waals surface area contributed by atoms with E-state index in [-0.39, 0.29) is 0 Å². The number of pyridine rings is 1. The van der Waals surface area contributed by atoms with Gasteiger partial charge in [-0.05, 0) is 34.5 Å². The fourth-order valence-electron chi connectivity index (χ4n) is 1.73. The van der Waals surface area contributed by atoms with Crippen molar-refractivity contribution in [3.05, 3.63) is 34.3 Å². The number of hydrogen-bond donors (Lipinski definition) is 1. The minimum Gasteiger partial charge on any atom is -0.481 e. The van der Waals surface area contributed by atoms with E-state index in [0.717, 1.165) is 21.4 Å². The lowest BCUT2D eigenvalue weighted by Crippen LogP contribution is -2.07. The highest BCUT2D eigenvalue weighted by Gasteiger charge is 2.12. The topological polar surface area (TPSA) is 69.2 Å². The molecule has 0 radical (unpaired) electrons. The first-order valence-corrected chi connectivity index (χ1v) is 6.73. The quantitative estimate of drug-likeness (QED) is 0.845. The van der Waals surface area contributed by atoms with Gasteiger partial charge in [0.2, 0.25) is 11.8 Å². The highest BCUT2D eigenvalue weighted by atomic mass is 79.9. The second-order valence-corrected chi connectivity index (χ2v) is 4.81. The zero-order valence-electron chi connectivity index (χ0n) is 11.5. The van der Waals surface area contributed by atoms with Crippen molar-refractivity contribution < 1.29 is 9.47 Å². The molecule has 6 nitrogen and oxygen atoms in total. The van der Waals surface area contributed by atoms with E-state index in [1.54, 1.807) is 20.4 Å². The van der Waals surface area contributed by atoms with Crippen molar-refractivity contribution in [1.82, 2.24) is 15.0 Å². The lowest BCUT2D eigenvalue weighted by molar-refractivity contribution is 0.363. The van der Waals surface area contributed by atoms with Crippen LogP contribution in [0.25, 0.3) is 0 Å². The molecule has 0 unspecified atom stereocenters. The van der Waals surface area contributed by atoms with Crippen LogP contribution in [0.4, 0.5) is 5.69 Å². The highest BCUT2D eigenvalue weighted by Crippen LogP contribution is 2.25. The molecule has 2 rings (SSSR count). The van der Waals surface area contributed by atoms with E-state index in [1.807, 2.05) is 13.0 Å². The van der Waals surface area contributed by atoms with Gasteiger partial charge in [0.25, 0.3) is 0 Å². The van der Waals surface area contributed by atoms with E-state index in [9.17, 15) is 0 Å². The molecule has 0 spiro atoms. The second-order valence-electron chi connectivity index (χ2n) is 4.06. The number of aromatic nitrogens is 3. The molecule has 0 atom stereocenters. The van der Waals surface area contributed by atoms with E-state index in [2.05, 4.69) is 36.2 Å². The summed E-state index contributed by atoms with van der Waals surface area (Å²) < 4.78 is 11.3. The van der Waals surface area contributed by atoms with Gasteiger partial charge in [-0.2, -0.15) is 0 Å². The molecule has 20 heavy (non-hydrogen) atoms. The van der Waals surface area contributed by atoms with Crippen molar-refractivity contribution in [1.29, 1.82) is 0 Å². The Hall–Kier alpha value is -1.89. The van der Waals surface area contributed by atoms with Gasteiger partial charge in [0.1, 0.15) is 10.9 Å². The Bertz CT molecular complexity index is 585. The molecule has 106 valence electrons. The smallest absolute Gasteiger partial charge is 0.225 e. The Balaban J connectivity index is 2.19. The summed E-state index contributed by atoms with van der Waals surface area (Å²) in [6.45, 7) is 2.46. The summed E-state index contributed by atoms with van der Waals surface area (Å²) in [5, 5.41) is 3.26. The number of methoxy groups -OCH3 is 2. The summed E-state index contributed by atoms with van der Waals surface area (Å²) in [6, 6.07) is 2.00. The largest absolute Gasteiger partial charge is 0.481 e. The minimum absolute atomic E-state index is 0.482. The number of anilines is 1. The third-order valence-electron chi connectivity index (χ3n) is 2.74. The van der Waals surface area contributed by atoms with Crippen molar-refractivity contribution in [2.45, 2.75) is 13.5 Å². The first kappa shape index (κ1) is 14.5. The third kappa shape index (κ3) is 3.16. The Kier molecular flexibility index (Phi) is 4.73. The highest BCUT2D eigenvalue weighted by molar-refractivity contribution is 9.10. The van der Waals surface area contributed by atoms with Gasteiger partial charge in [-0.25, -0.2) is 15.0 Å². The van der Waals surface area contributed by atoms with E-state index in [0.29, 0.717) is 18.3 Å². The number of ether oxygens (including phenoxy) is 2. The van der Waals surface area contributed by atoms with Crippen LogP contribution in [-0.4, -0.2) is 29.2 Å². The summed E-state index contributed by atoms with van der Waals surface area (Å²) in [5.74, 6) is 0.984. The maximum Gasteiger partial charge on any atom is 0.225 e. The molecule has 0 saturated carbocycles. The zero-order valence-corrected chi connectivity index (χ0v) is 13.1. The molecule has 7 heteroatoms. The Morgan fingerprint density at radius 3 is 2.35 bits per heavy atom. The van der Waals surface area contributed by atoms with Crippen LogP contribution in [0.3, 0.4) is 0 Å². The van der Waals surface area contributed by atoms with E-state index >= 15 is 0 Å². The predicted octanol–water partition coefficient (Wildman–Crippen LogP) is 2.57. The molecule has 0 aliphatic carbocycles. The first-order chi connectivity index (χ1) is 9.65. The number of nitrogens with zero attached hydrogens (tertiary/aromatic N) is 3. The van der Waals surface area contributed by atoms with Crippen molar-refractivity contribution >= 4 is 21.6 Å². The van der Waals surface area contributed by atoms with Gasteiger partial charge < -0.3 is 14.8 Å². The maximum atomic E-state index is 5.22. The molecule has 2 aromatic rings. The summed E-state index contributed by atoms with van der Waals surface area (Å²) >= 11 is 3.37. The van der Waals surface area contributed by atoms with Gasteiger partial charge in [0.05, 0.1) is 38.2 Å². The monoisotopic (exact) mass is 338 g/mol. The molecule has 0 bridgehead atoms. The Morgan fingerprint density at radius 2 is 1.80 bits per heavy atom. The number of aryl methyl sites for hydroxylation is 1. The fourth-order valence-corrected chi connectivity index (χ4v) is 1.95. The summed E-state index contributed by atoms with van der Waals surface area (Å²) in [5.41, 5.74) is 2.72. The van der Waals surface area contributed by atoms with Crippen LogP contribution in [-0.2, 0) is 6.54 Å². The van der Waals surface area contributed by atoms with Crippen LogP contribution in [0, 0.1) is 6.92 Å². The average Bonchev–Trinajstić information content (AvgIpc) is 2.48. The number of hydrogen-bond acceptors (Lipinski definition) is 6. The molecule has 0 saturated heterocycles. The minimum atomic E-state index is 0.482. The van der Waals surface area contributed by atoms with Gasteiger partial charge in [0.15, 0.2) is 0 Å². The lowest BCUT2D eigenvalue weighted by Gasteiger charge is -2.12. The zero-order chi connectivity index (χ0) is 14.5. The molecule has 0 aromatic carbocycles. The number of nitrogens with one attached hydrogen (secondary N) is 1. The van der Waals surface area contributed by atoms with Gasteiger partial charge in [0, 0.05) is 0 Å².